The fraction of sp³-hybridized carbons (Fsp3) is 0.500. The minimum absolute atomic E-state index is 0.0247. The van der Waals surface area contributed by atoms with Crippen LogP contribution < -0.4 is 9.47 Å². The normalized spacial score (nSPS) is 11.6. The highest BCUT2D eigenvalue weighted by molar-refractivity contribution is 7.09. The molecule has 0 bridgehead atoms. The zero-order valence-corrected chi connectivity index (χ0v) is 20.8. The van der Waals surface area contributed by atoms with Gasteiger partial charge in [0.1, 0.15) is 6.54 Å². The minimum Gasteiger partial charge on any atom is -0.493 e. The lowest BCUT2D eigenvalue weighted by molar-refractivity contribution is -0.132. The number of hydrogen-bond acceptors (Lipinski definition) is 5. The van der Waals surface area contributed by atoms with Crippen molar-refractivity contribution in [1.82, 2.24) is 14.7 Å². The molecule has 7 nitrogen and oxygen atoms in total. The van der Waals surface area contributed by atoms with E-state index in [0.29, 0.717) is 31.0 Å². The summed E-state index contributed by atoms with van der Waals surface area (Å²) in [5.74, 6) is 1.28. The van der Waals surface area contributed by atoms with Crippen LogP contribution in [0.15, 0.2) is 35.7 Å². The number of carbonyl (C=O) groups is 2. The molecule has 1 heterocycles. The molecule has 0 saturated heterocycles. The average Bonchev–Trinajstić information content (AvgIpc) is 3.31. The first-order valence-electron chi connectivity index (χ1n) is 10.8. The minimum atomic E-state index is -0.149. The molecule has 1 aromatic heterocycles. The van der Waals surface area contributed by atoms with Crippen LogP contribution in [0, 0.1) is 0 Å². The lowest BCUT2D eigenvalue weighted by atomic mass is 10.1. The van der Waals surface area contributed by atoms with Gasteiger partial charge in [-0.1, -0.05) is 19.1 Å². The third-order valence-corrected chi connectivity index (χ3v) is 6.32. The molecule has 3 amide bonds. The molecule has 1 atom stereocenters. The average molecular weight is 462 g/mol. The van der Waals surface area contributed by atoms with E-state index < -0.39 is 0 Å². The summed E-state index contributed by atoms with van der Waals surface area (Å²) >= 11 is 1.62. The number of ether oxygens (including phenoxy) is 2. The molecule has 0 radical (unpaired) electrons. The van der Waals surface area contributed by atoms with E-state index in [4.69, 9.17) is 9.47 Å². The first-order valence-corrected chi connectivity index (χ1v) is 11.7. The number of urea groups is 1. The molecule has 0 aliphatic rings. The number of hydrogen-bond donors (Lipinski definition) is 0. The predicted octanol–water partition coefficient (Wildman–Crippen LogP) is 4.12. The molecule has 0 aliphatic carbocycles. The Morgan fingerprint density at radius 3 is 2.38 bits per heavy atom. The summed E-state index contributed by atoms with van der Waals surface area (Å²) < 4.78 is 10.7. The molecule has 2 aromatic rings. The Hall–Kier alpha value is -2.74. The first-order chi connectivity index (χ1) is 15.3. The quantitative estimate of drug-likeness (QED) is 0.505. The molecule has 0 aliphatic heterocycles. The topological polar surface area (TPSA) is 62.3 Å². The number of rotatable bonds is 11. The van der Waals surface area contributed by atoms with Crippen LogP contribution in [0.3, 0.4) is 0 Å². The number of nitrogens with zero attached hydrogens (tertiary/aromatic N) is 3. The molecule has 32 heavy (non-hydrogen) atoms. The van der Waals surface area contributed by atoms with Crippen LogP contribution in [0.25, 0.3) is 0 Å². The van der Waals surface area contributed by atoms with Crippen molar-refractivity contribution in [3.63, 3.8) is 0 Å². The Kier molecular flexibility index (Phi) is 9.84. The molecular weight excluding hydrogens is 426 g/mol. The molecule has 0 saturated carbocycles. The molecule has 1 aromatic carbocycles. The van der Waals surface area contributed by atoms with Crippen LogP contribution in [0.5, 0.6) is 11.5 Å². The van der Waals surface area contributed by atoms with Crippen LogP contribution in [0.2, 0.25) is 0 Å². The van der Waals surface area contributed by atoms with Gasteiger partial charge in [-0.25, -0.2) is 4.79 Å². The van der Waals surface area contributed by atoms with E-state index in [0.717, 1.165) is 16.9 Å². The molecule has 176 valence electrons. The number of amides is 3. The molecule has 0 fully saturated rings. The summed E-state index contributed by atoms with van der Waals surface area (Å²) in [6.45, 7) is 5.11. The van der Waals surface area contributed by atoms with Crippen molar-refractivity contribution in [2.45, 2.75) is 39.3 Å². The van der Waals surface area contributed by atoms with Gasteiger partial charge in [0, 0.05) is 31.6 Å². The van der Waals surface area contributed by atoms with Crippen molar-refractivity contribution < 1.29 is 19.1 Å². The highest BCUT2D eigenvalue weighted by Gasteiger charge is 2.26. The van der Waals surface area contributed by atoms with Crippen molar-refractivity contribution in [3.8, 4) is 11.5 Å². The Labute approximate surface area is 195 Å². The van der Waals surface area contributed by atoms with Gasteiger partial charge in [0.15, 0.2) is 11.5 Å². The summed E-state index contributed by atoms with van der Waals surface area (Å²) in [5, 5.41) is 2.01. The van der Waals surface area contributed by atoms with E-state index in [1.165, 1.54) is 4.90 Å². The predicted molar refractivity (Wildman–Crippen MR) is 129 cm³/mol. The maximum absolute atomic E-state index is 13.3. The van der Waals surface area contributed by atoms with Crippen molar-refractivity contribution in [1.29, 1.82) is 0 Å². The van der Waals surface area contributed by atoms with E-state index in [1.807, 2.05) is 54.5 Å². The smallest absolute Gasteiger partial charge is 0.320 e. The van der Waals surface area contributed by atoms with Crippen molar-refractivity contribution >= 4 is 23.3 Å². The van der Waals surface area contributed by atoms with Crippen LogP contribution in [0.1, 0.15) is 30.7 Å². The molecule has 0 N–H and O–H groups in total. The van der Waals surface area contributed by atoms with Gasteiger partial charge in [0.25, 0.3) is 0 Å². The van der Waals surface area contributed by atoms with E-state index in [-0.39, 0.29) is 24.5 Å². The van der Waals surface area contributed by atoms with Gasteiger partial charge in [-0.15, -0.1) is 11.3 Å². The van der Waals surface area contributed by atoms with Gasteiger partial charge in [-0.3, -0.25) is 4.79 Å². The van der Waals surface area contributed by atoms with Gasteiger partial charge in [-0.2, -0.15) is 0 Å². The third-order valence-electron chi connectivity index (χ3n) is 5.45. The van der Waals surface area contributed by atoms with Gasteiger partial charge in [0.2, 0.25) is 5.91 Å². The largest absolute Gasteiger partial charge is 0.493 e. The third kappa shape index (κ3) is 6.88. The van der Waals surface area contributed by atoms with E-state index in [9.17, 15) is 9.59 Å². The summed E-state index contributed by atoms with van der Waals surface area (Å²) in [7, 11) is 6.64. The van der Waals surface area contributed by atoms with Gasteiger partial charge in [-0.05, 0) is 48.9 Å². The fourth-order valence-electron chi connectivity index (χ4n) is 3.32. The Bertz CT molecular complexity index is 870. The molecule has 8 heteroatoms. The van der Waals surface area contributed by atoms with Crippen LogP contribution in [-0.2, 0) is 17.8 Å². The first kappa shape index (κ1) is 25.5. The van der Waals surface area contributed by atoms with Crippen molar-refractivity contribution in [3.05, 3.63) is 46.2 Å². The van der Waals surface area contributed by atoms with Crippen LogP contribution >= 0.6 is 11.3 Å². The zero-order valence-electron chi connectivity index (χ0n) is 20.0. The summed E-state index contributed by atoms with van der Waals surface area (Å²) in [6, 6.07) is 9.63. The number of thiophene rings is 1. The monoisotopic (exact) mass is 461 g/mol. The Morgan fingerprint density at radius 2 is 1.81 bits per heavy atom. The number of methoxy groups -OCH3 is 2. The second kappa shape index (κ2) is 12.3. The lowest BCUT2D eigenvalue weighted by Gasteiger charge is -2.33. The number of carbonyl (C=O) groups excluding carboxylic acids is 2. The zero-order chi connectivity index (χ0) is 23.7. The fourth-order valence-corrected chi connectivity index (χ4v) is 4.04. The summed E-state index contributed by atoms with van der Waals surface area (Å²) in [4.78, 5) is 32.2. The van der Waals surface area contributed by atoms with Gasteiger partial charge in [0.05, 0.1) is 20.8 Å². The Morgan fingerprint density at radius 1 is 1.09 bits per heavy atom. The van der Waals surface area contributed by atoms with Gasteiger partial charge >= 0.3 is 6.03 Å². The van der Waals surface area contributed by atoms with E-state index in [2.05, 4.69) is 0 Å². The summed E-state index contributed by atoms with van der Waals surface area (Å²) in [5.41, 5.74) is 1.05. The van der Waals surface area contributed by atoms with Crippen LogP contribution in [0.4, 0.5) is 4.79 Å². The lowest BCUT2D eigenvalue weighted by Crippen LogP contribution is -2.50. The Balaban J connectivity index is 2.18. The van der Waals surface area contributed by atoms with Gasteiger partial charge < -0.3 is 24.2 Å². The second-order valence-corrected chi connectivity index (χ2v) is 8.93. The SMILES string of the molecule is CCC(C)N(CC(=O)N(CCc1ccc(OC)c(OC)c1)Cc1cccs1)C(=O)N(C)C. The van der Waals surface area contributed by atoms with Crippen molar-refractivity contribution in [2.24, 2.45) is 0 Å². The number of benzene rings is 1. The summed E-state index contributed by atoms with van der Waals surface area (Å²) in [6.07, 6.45) is 1.45. The second-order valence-electron chi connectivity index (χ2n) is 7.90. The van der Waals surface area contributed by atoms with E-state index in [1.54, 1.807) is 44.6 Å². The van der Waals surface area contributed by atoms with Crippen molar-refractivity contribution in [2.75, 3.05) is 41.4 Å². The van der Waals surface area contributed by atoms with Crippen LogP contribution in [-0.4, -0.2) is 74.1 Å². The molecule has 2 rings (SSSR count). The highest BCUT2D eigenvalue weighted by Crippen LogP contribution is 2.28. The standard InChI is InChI=1S/C24H35N3O4S/c1-7-18(2)27(24(29)25(3)4)17-23(28)26(16-20-9-8-14-32-20)13-12-19-10-11-21(30-5)22(15-19)31-6/h8-11,14-15,18H,7,12-13,16-17H2,1-6H3. The highest BCUT2D eigenvalue weighted by atomic mass is 32.1. The maximum atomic E-state index is 13.3. The molecule has 1 unspecified atom stereocenters. The molecular formula is C24H35N3O4S. The maximum Gasteiger partial charge on any atom is 0.320 e. The van der Waals surface area contributed by atoms with E-state index >= 15 is 0 Å². The molecule has 0 spiro atoms.